The fraction of sp³-hybridized carbons (Fsp3) is 0.316. The highest BCUT2D eigenvalue weighted by atomic mass is 16.5. The Morgan fingerprint density at radius 1 is 1.00 bits per heavy atom. The Morgan fingerprint density at radius 3 is 2.43 bits per heavy atom. The summed E-state index contributed by atoms with van der Waals surface area (Å²) in [4.78, 5) is 12.2. The van der Waals surface area contributed by atoms with E-state index in [1.807, 2.05) is 50.2 Å². The Morgan fingerprint density at radius 2 is 1.74 bits per heavy atom. The average molecular weight is 313 g/mol. The van der Waals surface area contributed by atoms with Gasteiger partial charge in [-0.1, -0.05) is 18.2 Å². The number of methoxy groups -OCH3 is 2. The van der Waals surface area contributed by atoms with E-state index in [9.17, 15) is 4.79 Å². The van der Waals surface area contributed by atoms with E-state index < -0.39 is 0 Å². The van der Waals surface area contributed by atoms with E-state index in [1.165, 1.54) is 0 Å². The standard InChI is InChI=1S/C19H23NO3/c1-13-5-6-14(2)16(11-13)20-19(21)10-8-15-7-9-17(22-3)18(12-15)23-4/h5-7,9,11-12H,8,10H2,1-4H3,(H,20,21). The number of aryl methyl sites for hydroxylation is 3. The molecule has 4 nitrogen and oxygen atoms in total. The van der Waals surface area contributed by atoms with Crippen LogP contribution in [0.3, 0.4) is 0 Å². The van der Waals surface area contributed by atoms with Gasteiger partial charge in [0, 0.05) is 12.1 Å². The van der Waals surface area contributed by atoms with Crippen molar-refractivity contribution in [2.75, 3.05) is 19.5 Å². The maximum Gasteiger partial charge on any atom is 0.224 e. The summed E-state index contributed by atoms with van der Waals surface area (Å²) < 4.78 is 10.5. The smallest absolute Gasteiger partial charge is 0.224 e. The monoisotopic (exact) mass is 313 g/mol. The van der Waals surface area contributed by atoms with Crippen LogP contribution in [0.1, 0.15) is 23.1 Å². The molecule has 0 radical (unpaired) electrons. The van der Waals surface area contributed by atoms with Gasteiger partial charge < -0.3 is 14.8 Å². The lowest BCUT2D eigenvalue weighted by Crippen LogP contribution is -2.13. The van der Waals surface area contributed by atoms with Gasteiger partial charge in [0.25, 0.3) is 0 Å². The number of anilines is 1. The second-order valence-electron chi connectivity index (χ2n) is 5.56. The van der Waals surface area contributed by atoms with E-state index in [2.05, 4.69) is 5.32 Å². The average Bonchev–Trinajstić information content (AvgIpc) is 2.56. The number of carbonyl (C=O) groups is 1. The second kappa shape index (κ2) is 7.68. The van der Waals surface area contributed by atoms with Crippen LogP contribution in [0.2, 0.25) is 0 Å². The maximum atomic E-state index is 12.2. The van der Waals surface area contributed by atoms with Gasteiger partial charge in [-0.2, -0.15) is 0 Å². The molecule has 0 aliphatic carbocycles. The quantitative estimate of drug-likeness (QED) is 0.880. The molecule has 0 atom stereocenters. The number of benzene rings is 2. The minimum absolute atomic E-state index is 0.00786. The maximum absolute atomic E-state index is 12.2. The largest absolute Gasteiger partial charge is 0.493 e. The van der Waals surface area contributed by atoms with Crippen LogP contribution in [-0.4, -0.2) is 20.1 Å². The van der Waals surface area contributed by atoms with Crippen molar-refractivity contribution in [1.29, 1.82) is 0 Å². The molecular formula is C19H23NO3. The minimum atomic E-state index is 0.00786. The van der Waals surface area contributed by atoms with Crippen molar-refractivity contribution in [1.82, 2.24) is 0 Å². The van der Waals surface area contributed by atoms with Crippen molar-refractivity contribution < 1.29 is 14.3 Å². The van der Waals surface area contributed by atoms with Crippen molar-refractivity contribution in [2.24, 2.45) is 0 Å². The normalized spacial score (nSPS) is 10.3. The first-order chi connectivity index (χ1) is 11.0. The van der Waals surface area contributed by atoms with Crippen molar-refractivity contribution in [3.05, 3.63) is 53.1 Å². The van der Waals surface area contributed by atoms with Gasteiger partial charge in [-0.15, -0.1) is 0 Å². The molecule has 0 unspecified atom stereocenters. The molecule has 2 aromatic rings. The summed E-state index contributed by atoms with van der Waals surface area (Å²) in [5.41, 5.74) is 4.11. The fourth-order valence-corrected chi connectivity index (χ4v) is 2.38. The number of rotatable bonds is 6. The predicted octanol–water partition coefficient (Wildman–Crippen LogP) is 3.89. The number of nitrogens with one attached hydrogen (secondary N) is 1. The number of hydrogen-bond acceptors (Lipinski definition) is 3. The molecule has 0 aliphatic heterocycles. The minimum Gasteiger partial charge on any atom is -0.493 e. The van der Waals surface area contributed by atoms with Gasteiger partial charge in [-0.3, -0.25) is 4.79 Å². The lowest BCUT2D eigenvalue weighted by atomic mass is 10.1. The van der Waals surface area contributed by atoms with Crippen LogP contribution < -0.4 is 14.8 Å². The topological polar surface area (TPSA) is 47.6 Å². The highest BCUT2D eigenvalue weighted by Gasteiger charge is 2.08. The molecule has 0 saturated heterocycles. The van der Waals surface area contributed by atoms with E-state index in [0.29, 0.717) is 24.3 Å². The highest BCUT2D eigenvalue weighted by molar-refractivity contribution is 5.91. The number of hydrogen-bond donors (Lipinski definition) is 1. The summed E-state index contributed by atoms with van der Waals surface area (Å²) in [5, 5.41) is 2.98. The third-order valence-electron chi connectivity index (χ3n) is 3.76. The van der Waals surface area contributed by atoms with Crippen molar-refractivity contribution in [3.8, 4) is 11.5 Å². The second-order valence-corrected chi connectivity index (χ2v) is 5.56. The molecule has 0 heterocycles. The molecule has 0 saturated carbocycles. The van der Waals surface area contributed by atoms with Gasteiger partial charge in [0.2, 0.25) is 5.91 Å². The summed E-state index contributed by atoms with van der Waals surface area (Å²) in [6.45, 7) is 4.00. The number of ether oxygens (including phenoxy) is 2. The molecular weight excluding hydrogens is 290 g/mol. The van der Waals surface area contributed by atoms with E-state index in [1.54, 1.807) is 14.2 Å². The van der Waals surface area contributed by atoms with Gasteiger partial charge >= 0.3 is 0 Å². The molecule has 0 aromatic heterocycles. The summed E-state index contributed by atoms with van der Waals surface area (Å²) in [6, 6.07) is 11.8. The van der Waals surface area contributed by atoms with Gasteiger partial charge in [-0.25, -0.2) is 0 Å². The Hall–Kier alpha value is -2.49. The van der Waals surface area contributed by atoms with Gasteiger partial charge in [0.15, 0.2) is 11.5 Å². The molecule has 0 fully saturated rings. The van der Waals surface area contributed by atoms with Crippen molar-refractivity contribution in [2.45, 2.75) is 26.7 Å². The van der Waals surface area contributed by atoms with Crippen LogP contribution in [0.15, 0.2) is 36.4 Å². The van der Waals surface area contributed by atoms with Crippen LogP contribution in [-0.2, 0) is 11.2 Å². The Bertz CT molecular complexity index is 695. The molecule has 1 amide bonds. The van der Waals surface area contributed by atoms with Crippen LogP contribution in [0.4, 0.5) is 5.69 Å². The molecule has 0 aliphatic rings. The number of amides is 1. The lowest BCUT2D eigenvalue weighted by molar-refractivity contribution is -0.116. The van der Waals surface area contributed by atoms with Crippen LogP contribution in [0.25, 0.3) is 0 Å². The predicted molar refractivity (Wildman–Crippen MR) is 92.4 cm³/mol. The highest BCUT2D eigenvalue weighted by Crippen LogP contribution is 2.28. The molecule has 4 heteroatoms. The molecule has 1 N–H and O–H groups in total. The molecule has 0 bridgehead atoms. The fourth-order valence-electron chi connectivity index (χ4n) is 2.38. The molecule has 2 rings (SSSR count). The Labute approximate surface area is 137 Å². The summed E-state index contributed by atoms with van der Waals surface area (Å²) in [7, 11) is 3.21. The first-order valence-corrected chi connectivity index (χ1v) is 7.61. The summed E-state index contributed by atoms with van der Waals surface area (Å²) >= 11 is 0. The zero-order chi connectivity index (χ0) is 16.8. The Kier molecular flexibility index (Phi) is 5.63. The first kappa shape index (κ1) is 16.9. The molecule has 122 valence electrons. The number of carbonyl (C=O) groups excluding carboxylic acids is 1. The molecule has 23 heavy (non-hydrogen) atoms. The lowest BCUT2D eigenvalue weighted by Gasteiger charge is -2.11. The third kappa shape index (κ3) is 4.49. The van der Waals surface area contributed by atoms with E-state index >= 15 is 0 Å². The van der Waals surface area contributed by atoms with E-state index in [-0.39, 0.29) is 5.91 Å². The van der Waals surface area contributed by atoms with Crippen molar-refractivity contribution >= 4 is 11.6 Å². The first-order valence-electron chi connectivity index (χ1n) is 7.61. The zero-order valence-electron chi connectivity index (χ0n) is 14.1. The third-order valence-corrected chi connectivity index (χ3v) is 3.76. The van der Waals surface area contributed by atoms with Crippen LogP contribution >= 0.6 is 0 Å². The van der Waals surface area contributed by atoms with Crippen LogP contribution in [0, 0.1) is 13.8 Å². The zero-order valence-corrected chi connectivity index (χ0v) is 14.1. The molecule has 2 aromatic carbocycles. The molecule has 0 spiro atoms. The van der Waals surface area contributed by atoms with Gasteiger partial charge in [-0.05, 0) is 55.2 Å². The van der Waals surface area contributed by atoms with Crippen LogP contribution in [0.5, 0.6) is 11.5 Å². The summed E-state index contributed by atoms with van der Waals surface area (Å²) in [5.74, 6) is 1.38. The van der Waals surface area contributed by atoms with Crippen molar-refractivity contribution in [3.63, 3.8) is 0 Å². The SMILES string of the molecule is COc1ccc(CCC(=O)Nc2cc(C)ccc2C)cc1OC. The Balaban J connectivity index is 1.98. The van der Waals surface area contributed by atoms with Gasteiger partial charge in [0.05, 0.1) is 14.2 Å². The summed E-state index contributed by atoms with van der Waals surface area (Å²) in [6.07, 6.45) is 1.07. The van der Waals surface area contributed by atoms with E-state index in [0.717, 1.165) is 22.4 Å². The van der Waals surface area contributed by atoms with Gasteiger partial charge in [0.1, 0.15) is 0 Å². The van der Waals surface area contributed by atoms with E-state index in [4.69, 9.17) is 9.47 Å².